The van der Waals surface area contributed by atoms with Crippen LogP contribution in [0.5, 0.6) is 0 Å². The Hall–Kier alpha value is -0.197. The summed E-state index contributed by atoms with van der Waals surface area (Å²) >= 11 is 0. The van der Waals surface area contributed by atoms with E-state index >= 15 is 0 Å². The van der Waals surface area contributed by atoms with E-state index in [2.05, 4.69) is 51.1 Å². The average molecular weight is 396 g/mol. The summed E-state index contributed by atoms with van der Waals surface area (Å²) in [4.78, 5) is 0. The van der Waals surface area contributed by atoms with Crippen molar-refractivity contribution in [3.05, 3.63) is 43.3 Å². The molecule has 0 amide bonds. The first kappa shape index (κ1) is 26.7. The van der Waals surface area contributed by atoms with Gasteiger partial charge in [0.15, 0.2) is 0 Å². The fourth-order valence-corrected chi connectivity index (χ4v) is 2.80. The number of benzene rings is 1. The Kier molecular flexibility index (Phi) is 17.5. The van der Waals surface area contributed by atoms with E-state index in [-0.39, 0.29) is 26.9 Å². The largest absolute Gasteiger partial charge is 0.381 e. The summed E-state index contributed by atoms with van der Waals surface area (Å²) in [6.45, 7) is 16.8. The first-order chi connectivity index (χ1) is 9.59. The van der Waals surface area contributed by atoms with Crippen LogP contribution in [0.4, 0.5) is 0 Å². The Morgan fingerprint density at radius 2 is 1.45 bits per heavy atom. The summed E-state index contributed by atoms with van der Waals surface area (Å²) in [5.74, 6) is 1.29. The zero-order valence-electron chi connectivity index (χ0n) is 15.9. The topological polar surface area (TPSA) is 9.23 Å². The van der Waals surface area contributed by atoms with Crippen LogP contribution in [-0.4, -0.2) is 13.2 Å². The first-order valence-electron chi connectivity index (χ1n) is 8.22. The molecule has 0 bridgehead atoms. The number of rotatable bonds is 1. The minimum absolute atomic E-state index is 0. The van der Waals surface area contributed by atoms with Crippen LogP contribution in [0.25, 0.3) is 0 Å². The van der Waals surface area contributed by atoms with Crippen molar-refractivity contribution in [1.29, 1.82) is 0 Å². The van der Waals surface area contributed by atoms with Crippen molar-refractivity contribution in [2.24, 2.45) is 11.3 Å². The molecule has 0 N–H and O–H groups in total. The van der Waals surface area contributed by atoms with Crippen LogP contribution in [0, 0.1) is 18.8 Å². The molecule has 133 valence electrons. The first-order valence-corrected chi connectivity index (χ1v) is 8.22. The molecule has 2 unspecified atom stereocenters. The standard InChI is InChI=1S/C15H22O.2C2H6.CH3.Rh/c1-15(2,3)14-9-10-16-11-13(14)12-7-5-4-6-8-12;2*1-2;;/h4-8,13-14H,9-11H2,1-3H3;2*1-2H3;1H3;/q;;;-1;. The normalized spacial score (nSPS) is 20.0. The molecule has 1 aromatic rings. The predicted molar refractivity (Wildman–Crippen MR) is 96.7 cm³/mol. The molecule has 0 aliphatic carbocycles. The van der Waals surface area contributed by atoms with Gasteiger partial charge in [0.1, 0.15) is 0 Å². The minimum atomic E-state index is 0. The van der Waals surface area contributed by atoms with E-state index in [4.69, 9.17) is 4.74 Å². The van der Waals surface area contributed by atoms with Crippen molar-refractivity contribution in [1.82, 2.24) is 0 Å². The van der Waals surface area contributed by atoms with E-state index in [1.165, 1.54) is 12.0 Å². The van der Waals surface area contributed by atoms with Crippen LogP contribution in [0.15, 0.2) is 30.3 Å². The van der Waals surface area contributed by atoms with Gasteiger partial charge in [0, 0.05) is 32.0 Å². The Morgan fingerprint density at radius 3 is 1.91 bits per heavy atom. The number of ether oxygens (including phenoxy) is 1. The van der Waals surface area contributed by atoms with Crippen LogP contribution in [0.3, 0.4) is 0 Å². The van der Waals surface area contributed by atoms with E-state index in [0.717, 1.165) is 19.1 Å². The van der Waals surface area contributed by atoms with Gasteiger partial charge in [-0.2, -0.15) is 0 Å². The quantitative estimate of drug-likeness (QED) is 0.397. The van der Waals surface area contributed by atoms with Crippen LogP contribution in [0.2, 0.25) is 0 Å². The smallest absolute Gasteiger partial charge is 0.0537 e. The molecule has 0 aromatic heterocycles. The maximum atomic E-state index is 5.66. The summed E-state index contributed by atoms with van der Waals surface area (Å²) < 4.78 is 5.66. The molecule has 22 heavy (non-hydrogen) atoms. The number of hydrogen-bond donors (Lipinski definition) is 0. The Morgan fingerprint density at radius 1 is 0.955 bits per heavy atom. The molecular formula is C20H37ORh-. The third kappa shape index (κ3) is 8.44. The van der Waals surface area contributed by atoms with Gasteiger partial charge in [-0.1, -0.05) is 78.8 Å². The summed E-state index contributed by atoms with van der Waals surface area (Å²) in [6.07, 6.45) is 1.18. The molecule has 1 aliphatic rings. The molecule has 1 saturated heterocycles. The molecule has 0 saturated carbocycles. The monoisotopic (exact) mass is 396 g/mol. The van der Waals surface area contributed by atoms with Gasteiger partial charge in [-0.05, 0) is 23.3 Å². The summed E-state index contributed by atoms with van der Waals surface area (Å²) in [5.41, 5.74) is 1.80. The second-order valence-electron chi connectivity index (χ2n) is 5.85. The molecule has 1 fully saturated rings. The van der Waals surface area contributed by atoms with Gasteiger partial charge in [0.2, 0.25) is 0 Å². The van der Waals surface area contributed by atoms with E-state index < -0.39 is 0 Å². The fourth-order valence-electron chi connectivity index (χ4n) is 2.80. The molecule has 1 nitrogen and oxygen atoms in total. The van der Waals surface area contributed by atoms with E-state index in [0.29, 0.717) is 11.3 Å². The number of hydrogen-bond acceptors (Lipinski definition) is 1. The average Bonchev–Trinajstić information content (AvgIpc) is 2.51. The van der Waals surface area contributed by atoms with Crippen LogP contribution in [-0.2, 0) is 24.2 Å². The van der Waals surface area contributed by atoms with Gasteiger partial charge < -0.3 is 12.2 Å². The van der Waals surface area contributed by atoms with Gasteiger partial charge in [0.05, 0.1) is 6.61 Å². The van der Waals surface area contributed by atoms with Crippen molar-refractivity contribution >= 4 is 0 Å². The van der Waals surface area contributed by atoms with Crippen LogP contribution in [0.1, 0.15) is 66.4 Å². The van der Waals surface area contributed by atoms with Crippen molar-refractivity contribution in [3.63, 3.8) is 0 Å². The molecule has 2 heteroatoms. The minimum Gasteiger partial charge on any atom is -0.381 e. The predicted octanol–water partition coefficient (Wildman–Crippen LogP) is 6.35. The fraction of sp³-hybridized carbons (Fsp3) is 0.650. The second-order valence-corrected chi connectivity index (χ2v) is 5.85. The zero-order chi connectivity index (χ0) is 15.6. The molecule has 1 heterocycles. The Balaban J connectivity index is -0.000000557. The second kappa shape index (κ2) is 14.4. The summed E-state index contributed by atoms with van der Waals surface area (Å²) in [7, 11) is 0. The molecule has 0 spiro atoms. The van der Waals surface area contributed by atoms with Gasteiger partial charge in [-0.15, -0.1) is 0 Å². The van der Waals surface area contributed by atoms with Gasteiger partial charge >= 0.3 is 0 Å². The van der Waals surface area contributed by atoms with Crippen molar-refractivity contribution in [3.8, 4) is 0 Å². The molecule has 1 radical (unpaired) electrons. The molecular weight excluding hydrogens is 359 g/mol. The maximum absolute atomic E-state index is 5.66. The Labute approximate surface area is 153 Å². The Bertz CT molecular complexity index is 329. The van der Waals surface area contributed by atoms with Gasteiger partial charge in [-0.3, -0.25) is 0 Å². The van der Waals surface area contributed by atoms with E-state index in [1.807, 2.05) is 27.7 Å². The van der Waals surface area contributed by atoms with Crippen molar-refractivity contribution < 1.29 is 24.2 Å². The molecule has 2 rings (SSSR count). The third-order valence-corrected chi connectivity index (χ3v) is 3.70. The van der Waals surface area contributed by atoms with E-state index in [1.54, 1.807) is 0 Å². The summed E-state index contributed by atoms with van der Waals surface area (Å²) in [5, 5.41) is 0. The molecule has 1 aromatic carbocycles. The van der Waals surface area contributed by atoms with Crippen LogP contribution < -0.4 is 0 Å². The summed E-state index contributed by atoms with van der Waals surface area (Å²) in [6, 6.07) is 10.8. The van der Waals surface area contributed by atoms with Crippen molar-refractivity contribution in [2.45, 2.75) is 60.8 Å². The maximum Gasteiger partial charge on any atom is 0.0537 e. The van der Waals surface area contributed by atoms with Gasteiger partial charge in [0.25, 0.3) is 0 Å². The molecule has 1 aliphatic heterocycles. The zero-order valence-corrected chi connectivity index (χ0v) is 17.5. The van der Waals surface area contributed by atoms with Crippen LogP contribution >= 0.6 is 0 Å². The van der Waals surface area contributed by atoms with Gasteiger partial charge in [-0.25, -0.2) is 0 Å². The SMILES string of the molecule is CC.CC.CC(C)(C)C1CCOCC1c1ccccc1.[CH3-].[Rh]. The van der Waals surface area contributed by atoms with Crippen molar-refractivity contribution in [2.75, 3.05) is 13.2 Å². The molecule has 2 atom stereocenters. The van der Waals surface area contributed by atoms with E-state index in [9.17, 15) is 0 Å². The third-order valence-electron chi connectivity index (χ3n) is 3.70.